The van der Waals surface area contributed by atoms with Gasteiger partial charge in [-0.1, -0.05) is 6.07 Å². The highest BCUT2D eigenvalue weighted by Crippen LogP contribution is 2.29. The highest BCUT2D eigenvalue weighted by Gasteiger charge is 2.22. The van der Waals surface area contributed by atoms with E-state index in [4.69, 9.17) is 9.47 Å². The van der Waals surface area contributed by atoms with Gasteiger partial charge in [0.05, 0.1) is 26.3 Å². The van der Waals surface area contributed by atoms with Gasteiger partial charge in [-0.25, -0.2) is 0 Å². The highest BCUT2D eigenvalue weighted by molar-refractivity contribution is 7.99. The van der Waals surface area contributed by atoms with Gasteiger partial charge in [-0.05, 0) is 24.6 Å². The maximum atomic E-state index is 12.2. The van der Waals surface area contributed by atoms with E-state index in [0.717, 1.165) is 23.6 Å². The summed E-state index contributed by atoms with van der Waals surface area (Å²) >= 11 is 1.81. The number of hydrogen-bond donors (Lipinski definition) is 2. The van der Waals surface area contributed by atoms with Crippen molar-refractivity contribution < 1.29 is 14.3 Å². The Hall–Kier alpha value is -1.40. The van der Waals surface area contributed by atoms with Crippen LogP contribution in [-0.2, 0) is 4.79 Å². The summed E-state index contributed by atoms with van der Waals surface area (Å²) in [5, 5.41) is 6.28. The molecule has 1 heterocycles. The molecule has 0 aliphatic carbocycles. The SMILES string of the molecule is COc1ccc(C(C)NC(=O)C2CSCCN2)cc1OC. The Morgan fingerprint density at radius 3 is 2.76 bits per heavy atom. The Balaban J connectivity index is 2.02. The molecular formula is C15H22N2O3S. The number of benzene rings is 1. The van der Waals surface area contributed by atoms with Crippen molar-refractivity contribution in [1.82, 2.24) is 10.6 Å². The average molecular weight is 310 g/mol. The van der Waals surface area contributed by atoms with Gasteiger partial charge in [0.15, 0.2) is 11.5 Å². The van der Waals surface area contributed by atoms with Crippen LogP contribution in [0, 0.1) is 0 Å². The second-order valence-corrected chi connectivity index (χ2v) is 6.08. The Kier molecular flexibility index (Phi) is 5.76. The standard InChI is InChI=1S/C15H22N2O3S/c1-10(17-15(18)12-9-21-7-6-16-12)11-4-5-13(19-2)14(8-11)20-3/h4-5,8,10,12,16H,6-7,9H2,1-3H3,(H,17,18). The van der Waals surface area contributed by atoms with Gasteiger partial charge in [0.25, 0.3) is 0 Å². The molecule has 0 saturated carbocycles. The summed E-state index contributed by atoms with van der Waals surface area (Å²) < 4.78 is 10.5. The molecule has 6 heteroatoms. The number of amides is 1. The van der Waals surface area contributed by atoms with Crippen LogP contribution < -0.4 is 20.1 Å². The van der Waals surface area contributed by atoms with Gasteiger partial charge in [-0.2, -0.15) is 11.8 Å². The smallest absolute Gasteiger partial charge is 0.238 e. The average Bonchev–Trinajstić information content (AvgIpc) is 2.54. The number of carbonyl (C=O) groups excluding carboxylic acids is 1. The molecule has 0 radical (unpaired) electrons. The third kappa shape index (κ3) is 4.04. The van der Waals surface area contributed by atoms with Gasteiger partial charge in [-0.15, -0.1) is 0 Å². The van der Waals surface area contributed by atoms with Gasteiger partial charge >= 0.3 is 0 Å². The van der Waals surface area contributed by atoms with Crippen LogP contribution in [0.25, 0.3) is 0 Å². The predicted octanol–water partition coefficient (Wildman–Crippen LogP) is 1.59. The maximum Gasteiger partial charge on any atom is 0.238 e. The molecule has 21 heavy (non-hydrogen) atoms. The number of carbonyl (C=O) groups is 1. The van der Waals surface area contributed by atoms with E-state index in [1.807, 2.05) is 25.1 Å². The summed E-state index contributed by atoms with van der Waals surface area (Å²) in [6.07, 6.45) is 0. The third-order valence-corrected chi connectivity index (χ3v) is 4.57. The minimum Gasteiger partial charge on any atom is -0.493 e. The maximum absolute atomic E-state index is 12.2. The van der Waals surface area contributed by atoms with E-state index >= 15 is 0 Å². The van der Waals surface area contributed by atoms with Crippen LogP contribution in [0.1, 0.15) is 18.5 Å². The Labute approximate surface area is 129 Å². The first-order valence-electron chi connectivity index (χ1n) is 6.99. The van der Waals surface area contributed by atoms with E-state index in [1.165, 1.54) is 0 Å². The largest absolute Gasteiger partial charge is 0.493 e. The number of nitrogens with one attached hydrogen (secondary N) is 2. The summed E-state index contributed by atoms with van der Waals surface area (Å²) in [6, 6.07) is 5.51. The molecule has 1 aromatic carbocycles. The fourth-order valence-corrected chi connectivity index (χ4v) is 3.19. The minimum absolute atomic E-state index is 0.0458. The van der Waals surface area contributed by atoms with E-state index in [-0.39, 0.29) is 18.0 Å². The van der Waals surface area contributed by atoms with E-state index in [0.29, 0.717) is 11.5 Å². The van der Waals surface area contributed by atoms with Crippen molar-refractivity contribution in [1.29, 1.82) is 0 Å². The summed E-state index contributed by atoms with van der Waals surface area (Å²) in [6.45, 7) is 2.85. The van der Waals surface area contributed by atoms with Crippen molar-refractivity contribution in [3.8, 4) is 11.5 Å². The van der Waals surface area contributed by atoms with Crippen molar-refractivity contribution in [2.75, 3.05) is 32.3 Å². The van der Waals surface area contributed by atoms with Crippen molar-refractivity contribution in [3.05, 3.63) is 23.8 Å². The van der Waals surface area contributed by atoms with Gasteiger partial charge in [0.2, 0.25) is 5.91 Å². The molecule has 0 aromatic heterocycles. The van der Waals surface area contributed by atoms with Crippen LogP contribution in [-0.4, -0.2) is 44.2 Å². The zero-order valence-electron chi connectivity index (χ0n) is 12.6. The number of thioether (sulfide) groups is 1. The second kappa shape index (κ2) is 7.56. The molecule has 5 nitrogen and oxygen atoms in total. The molecule has 1 aromatic rings. The van der Waals surface area contributed by atoms with Crippen LogP contribution >= 0.6 is 11.8 Å². The molecule has 1 aliphatic rings. The molecular weight excluding hydrogens is 288 g/mol. The predicted molar refractivity (Wildman–Crippen MR) is 85.2 cm³/mol. The number of hydrogen-bond acceptors (Lipinski definition) is 5. The lowest BCUT2D eigenvalue weighted by atomic mass is 10.1. The van der Waals surface area contributed by atoms with Gasteiger partial charge in [0, 0.05) is 18.1 Å². The second-order valence-electron chi connectivity index (χ2n) is 4.93. The molecule has 2 N–H and O–H groups in total. The minimum atomic E-state index is -0.105. The Morgan fingerprint density at radius 2 is 2.14 bits per heavy atom. The first kappa shape index (κ1) is 16.0. The molecule has 116 valence electrons. The summed E-state index contributed by atoms with van der Waals surface area (Å²) in [7, 11) is 3.21. The van der Waals surface area contributed by atoms with Gasteiger partial charge in [-0.3, -0.25) is 4.79 Å². The number of methoxy groups -OCH3 is 2. The first-order valence-corrected chi connectivity index (χ1v) is 8.14. The van der Waals surface area contributed by atoms with Crippen LogP contribution in [0.4, 0.5) is 0 Å². The summed E-state index contributed by atoms with van der Waals surface area (Å²) in [4.78, 5) is 12.2. The topological polar surface area (TPSA) is 59.6 Å². The first-order chi connectivity index (χ1) is 10.2. The lowest BCUT2D eigenvalue weighted by Gasteiger charge is -2.24. The van der Waals surface area contributed by atoms with Crippen LogP contribution in [0.2, 0.25) is 0 Å². The zero-order chi connectivity index (χ0) is 15.2. The molecule has 1 fully saturated rings. The summed E-state index contributed by atoms with van der Waals surface area (Å²) in [5.74, 6) is 3.29. The van der Waals surface area contributed by atoms with E-state index < -0.39 is 0 Å². The lowest BCUT2D eigenvalue weighted by Crippen LogP contribution is -2.49. The monoisotopic (exact) mass is 310 g/mol. The molecule has 1 saturated heterocycles. The van der Waals surface area contributed by atoms with Gasteiger partial charge in [0.1, 0.15) is 0 Å². The third-order valence-electron chi connectivity index (χ3n) is 3.50. The van der Waals surface area contributed by atoms with Crippen molar-refractivity contribution in [2.45, 2.75) is 19.0 Å². The molecule has 0 bridgehead atoms. The molecule has 1 amide bonds. The molecule has 2 unspecified atom stereocenters. The van der Waals surface area contributed by atoms with E-state index in [9.17, 15) is 4.79 Å². The number of ether oxygens (including phenoxy) is 2. The Bertz CT molecular complexity index is 490. The molecule has 2 atom stereocenters. The van der Waals surface area contributed by atoms with Crippen LogP contribution in [0.5, 0.6) is 11.5 Å². The molecule has 2 rings (SSSR count). The van der Waals surface area contributed by atoms with E-state index in [2.05, 4.69) is 10.6 Å². The fraction of sp³-hybridized carbons (Fsp3) is 0.533. The highest BCUT2D eigenvalue weighted by atomic mass is 32.2. The Morgan fingerprint density at radius 1 is 1.38 bits per heavy atom. The lowest BCUT2D eigenvalue weighted by molar-refractivity contribution is -0.123. The van der Waals surface area contributed by atoms with Crippen molar-refractivity contribution in [2.24, 2.45) is 0 Å². The quantitative estimate of drug-likeness (QED) is 0.865. The van der Waals surface area contributed by atoms with Crippen molar-refractivity contribution in [3.63, 3.8) is 0 Å². The molecule has 0 spiro atoms. The van der Waals surface area contributed by atoms with E-state index in [1.54, 1.807) is 26.0 Å². The zero-order valence-corrected chi connectivity index (χ0v) is 13.5. The van der Waals surface area contributed by atoms with Crippen LogP contribution in [0.15, 0.2) is 18.2 Å². The fourth-order valence-electron chi connectivity index (χ4n) is 2.25. The van der Waals surface area contributed by atoms with Gasteiger partial charge < -0.3 is 20.1 Å². The molecule has 1 aliphatic heterocycles. The number of rotatable bonds is 5. The summed E-state index contributed by atoms with van der Waals surface area (Å²) in [5.41, 5.74) is 0.990. The van der Waals surface area contributed by atoms with Crippen LogP contribution in [0.3, 0.4) is 0 Å². The normalized spacial score (nSPS) is 19.7. The van der Waals surface area contributed by atoms with Crippen molar-refractivity contribution >= 4 is 17.7 Å².